The lowest BCUT2D eigenvalue weighted by molar-refractivity contribution is 0.261. The Hall–Kier alpha value is -1.53. The molecule has 0 saturated heterocycles. The highest BCUT2D eigenvalue weighted by atomic mass is 16.5. The van der Waals surface area contributed by atoms with Gasteiger partial charge < -0.3 is 10.5 Å². The van der Waals surface area contributed by atoms with Crippen LogP contribution in [0.3, 0.4) is 0 Å². The van der Waals surface area contributed by atoms with E-state index in [4.69, 9.17) is 15.7 Å². The van der Waals surface area contributed by atoms with Crippen molar-refractivity contribution in [2.24, 2.45) is 11.1 Å². The van der Waals surface area contributed by atoms with Crippen LogP contribution in [0.4, 0.5) is 0 Å². The van der Waals surface area contributed by atoms with Gasteiger partial charge in [0.15, 0.2) is 0 Å². The first-order valence-electron chi connectivity index (χ1n) is 6.24. The summed E-state index contributed by atoms with van der Waals surface area (Å²) in [5.41, 5.74) is 8.63. The number of hydrogen-bond donors (Lipinski definition) is 1. The zero-order chi connectivity index (χ0) is 13.8. The summed E-state index contributed by atoms with van der Waals surface area (Å²) in [6.07, 6.45) is 0.723. The fraction of sp³-hybridized carbons (Fsp3) is 0.533. The van der Waals surface area contributed by atoms with E-state index >= 15 is 0 Å². The Kier molecular flexibility index (Phi) is 4.75. The molecule has 0 bridgehead atoms. The molecule has 0 atom stereocenters. The standard InChI is InChI=1S/C15H22N2O/c1-11-7-13(9-16)8-12(2)14(11)18-6-5-15(3,4)10-17/h7-8H,5-6,9,16H2,1-4H3. The van der Waals surface area contributed by atoms with Gasteiger partial charge in [0, 0.05) is 6.54 Å². The predicted octanol–water partition coefficient (Wildman–Crippen LogP) is 3.08. The highest BCUT2D eigenvalue weighted by Crippen LogP contribution is 2.26. The quantitative estimate of drug-likeness (QED) is 0.868. The maximum absolute atomic E-state index is 8.95. The third kappa shape index (κ3) is 3.75. The Bertz CT molecular complexity index is 435. The first-order chi connectivity index (χ1) is 8.39. The van der Waals surface area contributed by atoms with Crippen LogP contribution in [0, 0.1) is 30.6 Å². The second-order valence-electron chi connectivity index (χ2n) is 5.36. The van der Waals surface area contributed by atoms with Crippen molar-refractivity contribution in [2.75, 3.05) is 6.61 Å². The molecule has 3 heteroatoms. The molecule has 1 aromatic carbocycles. The monoisotopic (exact) mass is 246 g/mol. The van der Waals surface area contributed by atoms with Crippen molar-refractivity contribution in [1.82, 2.24) is 0 Å². The second-order valence-corrected chi connectivity index (χ2v) is 5.36. The van der Waals surface area contributed by atoms with Crippen molar-refractivity contribution >= 4 is 0 Å². The summed E-state index contributed by atoms with van der Waals surface area (Å²) >= 11 is 0. The van der Waals surface area contributed by atoms with E-state index in [1.54, 1.807) is 0 Å². The molecule has 0 fully saturated rings. The van der Waals surface area contributed by atoms with E-state index in [2.05, 4.69) is 18.2 Å². The molecule has 0 spiro atoms. The molecule has 0 aliphatic heterocycles. The molecule has 2 N–H and O–H groups in total. The van der Waals surface area contributed by atoms with Crippen LogP contribution in [0.1, 0.15) is 37.0 Å². The van der Waals surface area contributed by atoms with Gasteiger partial charge in [0.2, 0.25) is 0 Å². The third-order valence-electron chi connectivity index (χ3n) is 3.03. The van der Waals surface area contributed by atoms with Crippen LogP contribution in [0.15, 0.2) is 12.1 Å². The summed E-state index contributed by atoms with van der Waals surface area (Å²) in [5.74, 6) is 0.918. The van der Waals surface area contributed by atoms with Crippen molar-refractivity contribution in [3.63, 3.8) is 0 Å². The summed E-state index contributed by atoms with van der Waals surface area (Å²) in [6.45, 7) is 9.00. The molecule has 0 aromatic heterocycles. The van der Waals surface area contributed by atoms with Crippen LogP contribution in [0.2, 0.25) is 0 Å². The van der Waals surface area contributed by atoms with Crippen molar-refractivity contribution in [2.45, 2.75) is 40.7 Å². The normalized spacial score (nSPS) is 11.1. The lowest BCUT2D eigenvalue weighted by atomic mass is 9.92. The molecular weight excluding hydrogens is 224 g/mol. The maximum atomic E-state index is 8.95. The van der Waals surface area contributed by atoms with Crippen molar-refractivity contribution in [3.8, 4) is 11.8 Å². The molecule has 0 aliphatic carbocycles. The zero-order valence-electron chi connectivity index (χ0n) is 11.7. The second kappa shape index (κ2) is 5.88. The molecule has 0 unspecified atom stereocenters. The first kappa shape index (κ1) is 14.5. The van der Waals surface area contributed by atoms with Crippen molar-refractivity contribution in [3.05, 3.63) is 28.8 Å². The highest BCUT2D eigenvalue weighted by molar-refractivity contribution is 5.43. The average molecular weight is 246 g/mol. The van der Waals surface area contributed by atoms with Crippen molar-refractivity contribution < 1.29 is 4.74 Å². The Morgan fingerprint density at radius 3 is 2.28 bits per heavy atom. The van der Waals surface area contributed by atoms with Crippen LogP contribution in [-0.4, -0.2) is 6.61 Å². The number of benzene rings is 1. The molecule has 1 aromatic rings. The Morgan fingerprint density at radius 1 is 1.28 bits per heavy atom. The van der Waals surface area contributed by atoms with Gasteiger partial charge in [-0.15, -0.1) is 0 Å². The van der Waals surface area contributed by atoms with Gasteiger partial charge in [0.25, 0.3) is 0 Å². The number of hydrogen-bond acceptors (Lipinski definition) is 3. The SMILES string of the molecule is Cc1cc(CN)cc(C)c1OCCC(C)(C)C#N. The number of ether oxygens (including phenoxy) is 1. The van der Waals surface area contributed by atoms with E-state index in [0.717, 1.165) is 28.9 Å². The zero-order valence-corrected chi connectivity index (χ0v) is 11.7. The van der Waals surface area contributed by atoms with E-state index in [1.807, 2.05) is 27.7 Å². The van der Waals surface area contributed by atoms with Gasteiger partial charge >= 0.3 is 0 Å². The van der Waals surface area contributed by atoms with Crippen LogP contribution in [-0.2, 0) is 6.54 Å². The Balaban J connectivity index is 2.72. The number of nitrogens with two attached hydrogens (primary N) is 1. The molecule has 0 aliphatic rings. The fourth-order valence-electron chi connectivity index (χ4n) is 1.85. The number of aryl methyl sites for hydroxylation is 2. The summed E-state index contributed by atoms with van der Waals surface area (Å²) in [5, 5.41) is 8.95. The molecule has 0 heterocycles. The molecular formula is C15H22N2O. The van der Waals surface area contributed by atoms with Gasteiger partial charge in [-0.2, -0.15) is 5.26 Å². The summed E-state index contributed by atoms with van der Waals surface area (Å²) in [6, 6.07) is 6.39. The number of nitrogens with zero attached hydrogens (tertiary/aromatic N) is 1. The van der Waals surface area contributed by atoms with E-state index in [0.29, 0.717) is 13.2 Å². The van der Waals surface area contributed by atoms with Gasteiger partial charge in [-0.05, 0) is 50.8 Å². The summed E-state index contributed by atoms with van der Waals surface area (Å²) in [4.78, 5) is 0. The largest absolute Gasteiger partial charge is 0.493 e. The van der Waals surface area contributed by atoms with Crippen molar-refractivity contribution in [1.29, 1.82) is 5.26 Å². The van der Waals surface area contributed by atoms with E-state index in [9.17, 15) is 0 Å². The molecule has 0 radical (unpaired) electrons. The molecule has 1 rings (SSSR count). The van der Waals surface area contributed by atoms with Gasteiger partial charge in [-0.25, -0.2) is 0 Å². The van der Waals surface area contributed by atoms with Gasteiger partial charge in [-0.3, -0.25) is 0 Å². The number of rotatable bonds is 5. The Morgan fingerprint density at radius 2 is 1.83 bits per heavy atom. The molecule has 0 amide bonds. The topological polar surface area (TPSA) is 59.0 Å². The summed E-state index contributed by atoms with van der Waals surface area (Å²) < 4.78 is 5.81. The van der Waals surface area contributed by atoms with E-state index < -0.39 is 0 Å². The highest BCUT2D eigenvalue weighted by Gasteiger charge is 2.17. The predicted molar refractivity (Wildman–Crippen MR) is 73.3 cm³/mol. The molecule has 0 saturated carbocycles. The minimum atomic E-state index is -0.334. The van der Waals surface area contributed by atoms with Crippen LogP contribution >= 0.6 is 0 Å². The Labute approximate surface area is 110 Å². The van der Waals surface area contributed by atoms with Crippen LogP contribution in [0.5, 0.6) is 5.75 Å². The average Bonchev–Trinajstić information content (AvgIpc) is 2.32. The van der Waals surface area contributed by atoms with Crippen LogP contribution < -0.4 is 10.5 Å². The lowest BCUT2D eigenvalue weighted by Gasteiger charge is -2.18. The maximum Gasteiger partial charge on any atom is 0.125 e. The van der Waals surface area contributed by atoms with Gasteiger partial charge in [0.05, 0.1) is 18.1 Å². The lowest BCUT2D eigenvalue weighted by Crippen LogP contribution is -2.14. The third-order valence-corrected chi connectivity index (χ3v) is 3.03. The van der Waals surface area contributed by atoms with Crippen LogP contribution in [0.25, 0.3) is 0 Å². The van der Waals surface area contributed by atoms with Gasteiger partial charge in [-0.1, -0.05) is 12.1 Å². The van der Waals surface area contributed by atoms with Gasteiger partial charge in [0.1, 0.15) is 5.75 Å². The van der Waals surface area contributed by atoms with E-state index in [-0.39, 0.29) is 5.41 Å². The minimum Gasteiger partial charge on any atom is -0.493 e. The molecule has 98 valence electrons. The molecule has 18 heavy (non-hydrogen) atoms. The molecule has 3 nitrogen and oxygen atoms in total. The summed E-state index contributed by atoms with van der Waals surface area (Å²) in [7, 11) is 0. The van der Waals surface area contributed by atoms with E-state index in [1.165, 1.54) is 0 Å². The smallest absolute Gasteiger partial charge is 0.125 e. The minimum absolute atomic E-state index is 0.334. The first-order valence-corrected chi connectivity index (χ1v) is 6.24. The number of nitriles is 1. The fourth-order valence-corrected chi connectivity index (χ4v) is 1.85.